The van der Waals surface area contributed by atoms with E-state index in [-0.39, 0.29) is 23.4 Å². The van der Waals surface area contributed by atoms with E-state index in [1.807, 2.05) is 6.08 Å². The molecule has 0 heterocycles. The second-order valence-electron chi connectivity index (χ2n) is 4.89. The number of halogens is 1. The molecule has 1 aromatic carbocycles. The summed E-state index contributed by atoms with van der Waals surface area (Å²) in [7, 11) is 0. The number of anilines is 2. The van der Waals surface area contributed by atoms with Crippen LogP contribution in [0.15, 0.2) is 30.4 Å². The molecule has 0 spiro atoms. The van der Waals surface area contributed by atoms with Crippen LogP contribution in [0.2, 0.25) is 0 Å². The maximum absolute atomic E-state index is 13.5. The van der Waals surface area contributed by atoms with Gasteiger partial charge in [0.05, 0.1) is 5.69 Å². The van der Waals surface area contributed by atoms with Crippen LogP contribution in [-0.2, 0) is 9.59 Å². The molecule has 1 aliphatic rings. The number of rotatable bonds is 4. The topological polar surface area (TPSA) is 58.2 Å². The summed E-state index contributed by atoms with van der Waals surface area (Å²) in [6.07, 6.45) is 6.55. The van der Waals surface area contributed by atoms with Gasteiger partial charge in [0.25, 0.3) is 0 Å². The summed E-state index contributed by atoms with van der Waals surface area (Å²) in [6, 6.07) is 4.11. The van der Waals surface area contributed by atoms with Gasteiger partial charge < -0.3 is 10.6 Å². The zero-order chi connectivity index (χ0) is 14.5. The van der Waals surface area contributed by atoms with Gasteiger partial charge in [0.15, 0.2) is 0 Å². The molecule has 5 heteroatoms. The molecule has 0 saturated carbocycles. The third-order valence-corrected chi connectivity index (χ3v) is 3.12. The van der Waals surface area contributed by atoms with Gasteiger partial charge in [0.2, 0.25) is 11.8 Å². The van der Waals surface area contributed by atoms with E-state index in [1.165, 1.54) is 25.1 Å². The Morgan fingerprint density at radius 1 is 1.35 bits per heavy atom. The molecule has 20 heavy (non-hydrogen) atoms. The molecule has 1 aliphatic carbocycles. The van der Waals surface area contributed by atoms with Crippen molar-refractivity contribution in [1.29, 1.82) is 0 Å². The molecule has 0 fully saturated rings. The minimum absolute atomic E-state index is 0.0658. The van der Waals surface area contributed by atoms with Crippen LogP contribution in [0, 0.1) is 11.7 Å². The molecule has 0 saturated heterocycles. The summed E-state index contributed by atoms with van der Waals surface area (Å²) in [5, 5.41) is 5.10. The van der Waals surface area contributed by atoms with Crippen molar-refractivity contribution in [3.8, 4) is 0 Å². The summed E-state index contributed by atoms with van der Waals surface area (Å²) < 4.78 is 13.5. The molecular weight excluding hydrogens is 259 g/mol. The van der Waals surface area contributed by atoms with E-state index in [2.05, 4.69) is 16.7 Å². The lowest BCUT2D eigenvalue weighted by Crippen LogP contribution is -2.15. The van der Waals surface area contributed by atoms with E-state index in [4.69, 9.17) is 0 Å². The van der Waals surface area contributed by atoms with Gasteiger partial charge in [-0.15, -0.1) is 0 Å². The van der Waals surface area contributed by atoms with Gasteiger partial charge in [-0.1, -0.05) is 12.2 Å². The lowest BCUT2D eigenvalue weighted by molar-refractivity contribution is -0.117. The summed E-state index contributed by atoms with van der Waals surface area (Å²) in [4.78, 5) is 22.8. The lowest BCUT2D eigenvalue weighted by Gasteiger charge is -2.10. The minimum Gasteiger partial charge on any atom is -0.326 e. The highest BCUT2D eigenvalue weighted by molar-refractivity contribution is 5.93. The summed E-state index contributed by atoms with van der Waals surface area (Å²) in [5.41, 5.74) is 0.540. The average Bonchev–Trinajstić information content (AvgIpc) is 2.85. The molecule has 1 atom stereocenters. The molecule has 4 nitrogen and oxygen atoms in total. The van der Waals surface area contributed by atoms with Crippen molar-refractivity contribution < 1.29 is 14.0 Å². The molecule has 2 rings (SSSR count). The first-order chi connectivity index (χ1) is 9.54. The van der Waals surface area contributed by atoms with Crippen molar-refractivity contribution in [2.45, 2.75) is 26.2 Å². The van der Waals surface area contributed by atoms with Crippen molar-refractivity contribution in [2.24, 2.45) is 5.92 Å². The Bertz CT molecular complexity index is 555. The maximum Gasteiger partial charge on any atom is 0.224 e. The fourth-order valence-corrected chi connectivity index (χ4v) is 2.20. The SMILES string of the molecule is CC(=O)Nc1cc(NC(=O)C[C@@H]2C=CCC2)ccc1F. The third kappa shape index (κ3) is 3.91. The summed E-state index contributed by atoms with van der Waals surface area (Å²) in [5.74, 6) is -0.715. The molecule has 0 bridgehead atoms. The van der Waals surface area contributed by atoms with Crippen LogP contribution in [0.25, 0.3) is 0 Å². The predicted octanol–water partition coefficient (Wildman–Crippen LogP) is 3.08. The zero-order valence-electron chi connectivity index (χ0n) is 11.3. The van der Waals surface area contributed by atoms with Crippen LogP contribution < -0.4 is 10.6 Å². The van der Waals surface area contributed by atoms with Crippen molar-refractivity contribution >= 4 is 23.2 Å². The normalized spacial score (nSPS) is 17.0. The van der Waals surface area contributed by atoms with Crippen LogP contribution in [0.5, 0.6) is 0 Å². The lowest BCUT2D eigenvalue weighted by atomic mass is 10.1. The van der Waals surface area contributed by atoms with Gasteiger partial charge in [-0.25, -0.2) is 4.39 Å². The van der Waals surface area contributed by atoms with Crippen LogP contribution in [0.3, 0.4) is 0 Å². The number of benzene rings is 1. The van der Waals surface area contributed by atoms with E-state index in [9.17, 15) is 14.0 Å². The molecule has 2 amide bonds. The van der Waals surface area contributed by atoms with Gasteiger partial charge in [0.1, 0.15) is 5.82 Å². The Morgan fingerprint density at radius 3 is 2.80 bits per heavy atom. The Balaban J connectivity index is 1.99. The highest BCUT2D eigenvalue weighted by Gasteiger charge is 2.14. The molecule has 0 aliphatic heterocycles. The Morgan fingerprint density at radius 2 is 2.15 bits per heavy atom. The third-order valence-electron chi connectivity index (χ3n) is 3.12. The number of carbonyl (C=O) groups is 2. The first-order valence-electron chi connectivity index (χ1n) is 6.58. The molecule has 0 unspecified atom stereocenters. The number of amides is 2. The summed E-state index contributed by atoms with van der Waals surface area (Å²) in [6.45, 7) is 1.30. The van der Waals surface area contributed by atoms with Crippen LogP contribution in [0.1, 0.15) is 26.2 Å². The first kappa shape index (κ1) is 14.2. The second-order valence-corrected chi connectivity index (χ2v) is 4.89. The predicted molar refractivity (Wildman–Crippen MR) is 75.8 cm³/mol. The van der Waals surface area contributed by atoms with Gasteiger partial charge in [-0.3, -0.25) is 9.59 Å². The van der Waals surface area contributed by atoms with Gasteiger partial charge in [-0.2, -0.15) is 0 Å². The molecule has 106 valence electrons. The van der Waals surface area contributed by atoms with E-state index in [0.717, 1.165) is 12.8 Å². The smallest absolute Gasteiger partial charge is 0.224 e. The van der Waals surface area contributed by atoms with Gasteiger partial charge in [-0.05, 0) is 37.0 Å². The second kappa shape index (κ2) is 6.32. The van der Waals surface area contributed by atoms with Crippen LogP contribution in [-0.4, -0.2) is 11.8 Å². The fourth-order valence-electron chi connectivity index (χ4n) is 2.20. The quantitative estimate of drug-likeness (QED) is 0.830. The van der Waals surface area contributed by atoms with Crippen molar-refractivity contribution in [3.63, 3.8) is 0 Å². The van der Waals surface area contributed by atoms with Crippen molar-refractivity contribution in [3.05, 3.63) is 36.2 Å². The van der Waals surface area contributed by atoms with Gasteiger partial charge >= 0.3 is 0 Å². The van der Waals surface area contributed by atoms with E-state index in [1.54, 1.807) is 0 Å². The Labute approximate surface area is 117 Å². The minimum atomic E-state index is -0.531. The number of hydrogen-bond acceptors (Lipinski definition) is 2. The Kier molecular flexibility index (Phi) is 4.50. The number of nitrogens with one attached hydrogen (secondary N) is 2. The zero-order valence-corrected chi connectivity index (χ0v) is 11.3. The fraction of sp³-hybridized carbons (Fsp3) is 0.333. The largest absolute Gasteiger partial charge is 0.326 e. The van der Waals surface area contributed by atoms with Gasteiger partial charge in [0, 0.05) is 19.0 Å². The van der Waals surface area contributed by atoms with Crippen LogP contribution in [0.4, 0.5) is 15.8 Å². The monoisotopic (exact) mass is 276 g/mol. The Hall–Kier alpha value is -2.17. The number of allylic oxidation sites excluding steroid dienone is 2. The molecule has 0 radical (unpaired) electrons. The van der Waals surface area contributed by atoms with E-state index < -0.39 is 5.82 Å². The summed E-state index contributed by atoms with van der Waals surface area (Å²) >= 11 is 0. The van der Waals surface area contributed by atoms with Crippen molar-refractivity contribution in [1.82, 2.24) is 0 Å². The number of hydrogen-bond donors (Lipinski definition) is 2. The first-order valence-corrected chi connectivity index (χ1v) is 6.58. The molecular formula is C15H17FN2O2. The van der Waals surface area contributed by atoms with Crippen LogP contribution >= 0.6 is 0 Å². The maximum atomic E-state index is 13.5. The number of carbonyl (C=O) groups excluding carboxylic acids is 2. The molecule has 2 N–H and O–H groups in total. The highest BCUT2D eigenvalue weighted by Crippen LogP contribution is 2.23. The molecule has 1 aromatic rings. The van der Waals surface area contributed by atoms with E-state index >= 15 is 0 Å². The average molecular weight is 276 g/mol. The highest BCUT2D eigenvalue weighted by atomic mass is 19.1. The van der Waals surface area contributed by atoms with Crippen molar-refractivity contribution in [2.75, 3.05) is 10.6 Å². The standard InChI is InChI=1S/C15H17FN2O2/c1-10(19)17-14-9-12(6-7-13(14)16)18-15(20)8-11-4-2-3-5-11/h2,4,6-7,9,11H,3,5,8H2,1H3,(H,17,19)(H,18,20)/t11-/m1/s1. The van der Waals surface area contributed by atoms with E-state index in [0.29, 0.717) is 12.1 Å². The molecule has 0 aromatic heterocycles.